The minimum Gasteiger partial charge on any atom is -0.326 e. The van der Waals surface area contributed by atoms with Gasteiger partial charge in [0.25, 0.3) is 0 Å². The standard InChI is InChI=1S/C10H15O6PS2/c1-3-8-5-4-6-9(18-2)10(8)19(13,14)16-7-15-17(11)12/h4-6,17H,3,7H2,1-2H3,(H,11,12). The van der Waals surface area contributed by atoms with E-state index in [2.05, 4.69) is 8.71 Å². The molecule has 19 heavy (non-hydrogen) atoms. The molecule has 1 aromatic rings. The van der Waals surface area contributed by atoms with Crippen LogP contribution in [-0.2, 0) is 29.8 Å². The van der Waals surface area contributed by atoms with Crippen molar-refractivity contribution in [1.82, 2.24) is 0 Å². The number of rotatable bonds is 7. The van der Waals surface area contributed by atoms with Gasteiger partial charge in [0.1, 0.15) is 4.90 Å². The largest absolute Gasteiger partial charge is 0.326 e. The third kappa shape index (κ3) is 4.59. The van der Waals surface area contributed by atoms with Crippen LogP contribution in [0.4, 0.5) is 0 Å². The summed E-state index contributed by atoms with van der Waals surface area (Å²) in [7, 11) is -7.23. The second-order valence-corrected chi connectivity index (χ2v) is 6.62. The van der Waals surface area contributed by atoms with E-state index in [0.29, 0.717) is 16.9 Å². The van der Waals surface area contributed by atoms with E-state index in [-0.39, 0.29) is 4.90 Å². The molecule has 1 rings (SSSR count). The SMILES string of the molecule is CCc1cccc(SC)c1S(=O)(=O)OCO[PH](=O)O. The first kappa shape index (κ1) is 16.7. The van der Waals surface area contributed by atoms with E-state index in [1.54, 1.807) is 24.5 Å². The molecule has 0 bridgehead atoms. The average Bonchev–Trinajstić information content (AvgIpc) is 2.36. The maximum absolute atomic E-state index is 12.1. The molecule has 6 nitrogen and oxygen atoms in total. The maximum atomic E-state index is 12.1. The van der Waals surface area contributed by atoms with Gasteiger partial charge in [-0.15, -0.1) is 11.8 Å². The van der Waals surface area contributed by atoms with Gasteiger partial charge in [-0.3, -0.25) is 9.09 Å². The Bertz CT molecular complexity index is 535. The van der Waals surface area contributed by atoms with Crippen LogP contribution in [0.2, 0.25) is 0 Å². The topological polar surface area (TPSA) is 89.9 Å². The Balaban J connectivity index is 3.09. The van der Waals surface area contributed by atoms with Crippen molar-refractivity contribution in [3.8, 4) is 0 Å². The summed E-state index contributed by atoms with van der Waals surface area (Å²) in [6.07, 6.45) is 2.29. The van der Waals surface area contributed by atoms with Gasteiger partial charge in [-0.1, -0.05) is 19.1 Å². The maximum Gasteiger partial charge on any atom is 0.318 e. The zero-order valence-corrected chi connectivity index (χ0v) is 13.1. The zero-order chi connectivity index (χ0) is 14.5. The minimum atomic E-state index is -4.02. The molecular weight excluding hydrogens is 311 g/mol. The lowest BCUT2D eigenvalue weighted by Gasteiger charge is -2.12. The second kappa shape index (κ2) is 7.42. The molecule has 0 aliphatic carbocycles. The van der Waals surface area contributed by atoms with Gasteiger partial charge in [-0.05, 0) is 24.3 Å². The van der Waals surface area contributed by atoms with Crippen LogP contribution in [0.3, 0.4) is 0 Å². The van der Waals surface area contributed by atoms with Gasteiger partial charge >= 0.3 is 18.4 Å². The quantitative estimate of drug-likeness (QED) is 0.355. The van der Waals surface area contributed by atoms with Crippen LogP contribution in [0.1, 0.15) is 12.5 Å². The monoisotopic (exact) mass is 326 g/mol. The summed E-state index contributed by atoms with van der Waals surface area (Å²) in [6, 6.07) is 5.15. The number of hydrogen-bond acceptors (Lipinski definition) is 6. The molecule has 9 heteroatoms. The summed E-state index contributed by atoms with van der Waals surface area (Å²) >= 11 is 1.29. The minimum absolute atomic E-state index is 0.0891. The summed E-state index contributed by atoms with van der Waals surface area (Å²) in [6.45, 7) is 1.06. The lowest BCUT2D eigenvalue weighted by Crippen LogP contribution is -2.11. The Kier molecular flexibility index (Phi) is 6.52. The van der Waals surface area contributed by atoms with E-state index in [9.17, 15) is 13.0 Å². The van der Waals surface area contributed by atoms with Gasteiger partial charge in [0.2, 0.25) is 0 Å². The summed E-state index contributed by atoms with van der Waals surface area (Å²) in [5.74, 6) is 0. The molecule has 1 aromatic carbocycles. The molecule has 0 saturated carbocycles. The highest BCUT2D eigenvalue weighted by molar-refractivity contribution is 7.99. The van der Waals surface area contributed by atoms with Crippen LogP contribution in [0.5, 0.6) is 0 Å². The molecule has 0 fully saturated rings. The van der Waals surface area contributed by atoms with Crippen molar-refractivity contribution in [2.75, 3.05) is 13.0 Å². The third-order valence-corrected chi connectivity index (χ3v) is 4.96. The Labute approximate surface area is 117 Å². The smallest absolute Gasteiger partial charge is 0.318 e. The molecule has 1 unspecified atom stereocenters. The number of thioether (sulfide) groups is 1. The fourth-order valence-electron chi connectivity index (χ4n) is 1.48. The van der Waals surface area contributed by atoms with Gasteiger partial charge in [-0.25, -0.2) is 4.18 Å². The fourth-order valence-corrected chi connectivity index (χ4v) is 3.95. The molecule has 0 heterocycles. The Morgan fingerprint density at radius 1 is 1.42 bits per heavy atom. The Hall–Kier alpha value is -0.370. The van der Waals surface area contributed by atoms with Crippen molar-refractivity contribution in [1.29, 1.82) is 0 Å². The van der Waals surface area contributed by atoms with Gasteiger partial charge in [0, 0.05) is 4.90 Å². The van der Waals surface area contributed by atoms with Crippen LogP contribution in [0.15, 0.2) is 28.0 Å². The number of benzene rings is 1. The molecule has 108 valence electrons. The highest BCUT2D eigenvalue weighted by Crippen LogP contribution is 2.30. The first-order valence-corrected chi connectivity index (χ1v) is 9.23. The molecule has 0 radical (unpaired) electrons. The van der Waals surface area contributed by atoms with Crippen molar-refractivity contribution < 1.29 is 26.6 Å². The molecular formula is C10H15O6PS2. The molecule has 0 aliphatic rings. The molecule has 1 atom stereocenters. The van der Waals surface area contributed by atoms with E-state index >= 15 is 0 Å². The molecule has 0 saturated heterocycles. The highest BCUT2D eigenvalue weighted by Gasteiger charge is 2.23. The van der Waals surface area contributed by atoms with Gasteiger partial charge in [0.05, 0.1) is 0 Å². The Morgan fingerprint density at radius 3 is 2.63 bits per heavy atom. The van der Waals surface area contributed by atoms with Crippen molar-refractivity contribution in [2.24, 2.45) is 0 Å². The summed E-state index contributed by atoms with van der Waals surface area (Å²) in [4.78, 5) is 9.12. The van der Waals surface area contributed by atoms with Crippen LogP contribution < -0.4 is 0 Å². The number of aryl methyl sites for hydroxylation is 1. The van der Waals surface area contributed by atoms with Crippen LogP contribution in [0.25, 0.3) is 0 Å². The van der Waals surface area contributed by atoms with Crippen LogP contribution in [-0.4, -0.2) is 26.4 Å². The molecule has 0 aromatic heterocycles. The second-order valence-electron chi connectivity index (χ2n) is 3.40. The van der Waals surface area contributed by atoms with Crippen molar-refractivity contribution in [3.05, 3.63) is 23.8 Å². The first-order chi connectivity index (χ1) is 8.92. The summed E-state index contributed by atoms with van der Waals surface area (Å²) < 4.78 is 43.4. The predicted octanol–water partition coefficient (Wildman–Crippen LogP) is 2.03. The van der Waals surface area contributed by atoms with Crippen molar-refractivity contribution in [2.45, 2.75) is 23.1 Å². The Morgan fingerprint density at radius 2 is 2.11 bits per heavy atom. The third-order valence-electron chi connectivity index (χ3n) is 2.30. The predicted molar refractivity (Wildman–Crippen MR) is 73.0 cm³/mol. The summed E-state index contributed by atoms with van der Waals surface area (Å²) in [5.41, 5.74) is 0.628. The normalized spacial score (nSPS) is 13.4. The van der Waals surface area contributed by atoms with Crippen molar-refractivity contribution >= 4 is 30.1 Å². The molecule has 0 aliphatic heterocycles. The van der Waals surface area contributed by atoms with Crippen molar-refractivity contribution in [3.63, 3.8) is 0 Å². The van der Waals surface area contributed by atoms with Gasteiger partial charge in [-0.2, -0.15) is 8.42 Å². The summed E-state index contributed by atoms with van der Waals surface area (Å²) in [5, 5.41) is 0. The molecule has 1 N–H and O–H groups in total. The van der Waals surface area contributed by atoms with E-state index < -0.39 is 25.2 Å². The lowest BCUT2D eigenvalue weighted by atomic mass is 10.2. The lowest BCUT2D eigenvalue weighted by molar-refractivity contribution is 0.120. The fraction of sp³-hybridized carbons (Fsp3) is 0.400. The van der Waals surface area contributed by atoms with E-state index in [4.69, 9.17) is 4.89 Å². The van der Waals surface area contributed by atoms with Gasteiger partial charge in [0.15, 0.2) is 6.79 Å². The average molecular weight is 326 g/mol. The van der Waals surface area contributed by atoms with E-state index in [1.807, 2.05) is 6.92 Å². The first-order valence-electron chi connectivity index (χ1n) is 5.33. The molecule has 0 spiro atoms. The van der Waals surface area contributed by atoms with Crippen LogP contribution in [0, 0.1) is 0 Å². The van der Waals surface area contributed by atoms with Gasteiger partial charge < -0.3 is 4.89 Å². The zero-order valence-electron chi connectivity index (χ0n) is 10.5. The van der Waals surface area contributed by atoms with Crippen LogP contribution >= 0.6 is 20.0 Å². The highest BCUT2D eigenvalue weighted by atomic mass is 32.2. The number of hydrogen-bond donors (Lipinski definition) is 1. The van der Waals surface area contributed by atoms with E-state index in [0.717, 1.165) is 0 Å². The van der Waals surface area contributed by atoms with E-state index in [1.165, 1.54) is 11.8 Å². The molecule has 0 amide bonds.